The van der Waals surface area contributed by atoms with Crippen molar-refractivity contribution in [1.29, 1.82) is 0 Å². The van der Waals surface area contributed by atoms with Crippen LogP contribution in [0.15, 0.2) is 48.5 Å². The Balaban J connectivity index is 1.77. The van der Waals surface area contributed by atoms with Gasteiger partial charge in [-0.25, -0.2) is 4.79 Å². The van der Waals surface area contributed by atoms with Crippen LogP contribution < -0.4 is 10.6 Å². The summed E-state index contributed by atoms with van der Waals surface area (Å²) in [6.07, 6.45) is -0.0816. The fourth-order valence-electron chi connectivity index (χ4n) is 2.88. The summed E-state index contributed by atoms with van der Waals surface area (Å²) >= 11 is 0. The predicted octanol–water partition coefficient (Wildman–Crippen LogP) is 3.80. The first kappa shape index (κ1) is 17.0. The van der Waals surface area contributed by atoms with Crippen molar-refractivity contribution in [2.75, 3.05) is 5.32 Å². The Morgan fingerprint density at radius 1 is 1.12 bits per heavy atom. The van der Waals surface area contributed by atoms with E-state index in [0.717, 1.165) is 16.7 Å². The molecule has 5 heteroatoms. The molecule has 0 aromatic heterocycles. The second-order valence-electron chi connectivity index (χ2n) is 7.13. The number of amides is 2. The lowest BCUT2D eigenvalue weighted by Crippen LogP contribution is -2.35. The Hall–Kier alpha value is -2.82. The van der Waals surface area contributed by atoms with Gasteiger partial charge in [0, 0.05) is 5.69 Å². The summed E-state index contributed by atoms with van der Waals surface area (Å²) in [7, 11) is 0. The Labute approximate surface area is 147 Å². The Bertz CT molecular complexity index is 791. The van der Waals surface area contributed by atoms with Gasteiger partial charge in [-0.1, -0.05) is 36.4 Å². The zero-order chi connectivity index (χ0) is 18.0. The van der Waals surface area contributed by atoms with Gasteiger partial charge in [0.15, 0.2) is 0 Å². The number of nitrogens with one attached hydrogen (secondary N) is 2. The molecule has 0 saturated carbocycles. The highest BCUT2D eigenvalue weighted by molar-refractivity contribution is 5.85. The molecule has 2 aromatic carbocycles. The van der Waals surface area contributed by atoms with Crippen molar-refractivity contribution in [3.05, 3.63) is 65.2 Å². The number of carbonyl (C=O) groups excluding carboxylic acids is 2. The van der Waals surface area contributed by atoms with Gasteiger partial charge in [-0.2, -0.15) is 0 Å². The number of benzene rings is 2. The van der Waals surface area contributed by atoms with E-state index in [1.165, 1.54) is 0 Å². The average molecular weight is 338 g/mol. The maximum atomic E-state index is 12.0. The van der Waals surface area contributed by atoms with Gasteiger partial charge >= 0.3 is 6.09 Å². The minimum atomic E-state index is -0.542. The number of hydrogen-bond donors (Lipinski definition) is 2. The monoisotopic (exact) mass is 338 g/mol. The molecule has 130 valence electrons. The minimum absolute atomic E-state index is 0.0136. The maximum Gasteiger partial charge on any atom is 0.412 e. The molecule has 0 saturated heterocycles. The number of hydrogen-bond acceptors (Lipinski definition) is 3. The van der Waals surface area contributed by atoms with Gasteiger partial charge < -0.3 is 10.1 Å². The van der Waals surface area contributed by atoms with Gasteiger partial charge in [0.25, 0.3) is 0 Å². The quantitative estimate of drug-likeness (QED) is 0.875. The van der Waals surface area contributed by atoms with Crippen LogP contribution in [0.5, 0.6) is 0 Å². The van der Waals surface area contributed by atoms with Crippen molar-refractivity contribution in [2.24, 2.45) is 0 Å². The molecule has 5 nitrogen and oxygen atoms in total. The highest BCUT2D eigenvalue weighted by atomic mass is 16.6. The molecule has 0 aliphatic carbocycles. The van der Waals surface area contributed by atoms with E-state index in [1.807, 2.05) is 69.3 Å². The van der Waals surface area contributed by atoms with E-state index in [0.29, 0.717) is 12.1 Å². The van der Waals surface area contributed by atoms with E-state index >= 15 is 0 Å². The molecule has 1 heterocycles. The van der Waals surface area contributed by atoms with Gasteiger partial charge in [0.2, 0.25) is 5.91 Å². The van der Waals surface area contributed by atoms with Crippen LogP contribution in [-0.2, 0) is 16.0 Å². The lowest BCUT2D eigenvalue weighted by Gasteiger charge is -2.27. The SMILES string of the molecule is CC(C)(C)OC(=O)Nc1ccc([C@@H]2NC(=O)Cc3ccccc32)cc1. The first-order chi connectivity index (χ1) is 11.8. The van der Waals surface area contributed by atoms with E-state index in [4.69, 9.17) is 4.74 Å². The lowest BCUT2D eigenvalue weighted by molar-refractivity contribution is -0.121. The summed E-state index contributed by atoms with van der Waals surface area (Å²) in [5.41, 5.74) is 3.23. The predicted molar refractivity (Wildman–Crippen MR) is 96.4 cm³/mol. The summed E-state index contributed by atoms with van der Waals surface area (Å²) < 4.78 is 5.24. The topological polar surface area (TPSA) is 67.4 Å². The minimum Gasteiger partial charge on any atom is -0.444 e. The second kappa shape index (κ2) is 6.59. The molecule has 2 N–H and O–H groups in total. The molecule has 1 aliphatic heterocycles. The highest BCUT2D eigenvalue weighted by Crippen LogP contribution is 2.29. The van der Waals surface area contributed by atoms with Crippen LogP contribution in [0.3, 0.4) is 0 Å². The van der Waals surface area contributed by atoms with Crippen molar-refractivity contribution >= 4 is 17.7 Å². The van der Waals surface area contributed by atoms with Crippen molar-refractivity contribution in [2.45, 2.75) is 38.8 Å². The van der Waals surface area contributed by atoms with E-state index in [2.05, 4.69) is 10.6 Å². The average Bonchev–Trinajstić information content (AvgIpc) is 2.53. The van der Waals surface area contributed by atoms with Crippen LogP contribution in [0.1, 0.15) is 43.5 Å². The number of anilines is 1. The number of ether oxygens (including phenoxy) is 1. The van der Waals surface area contributed by atoms with Crippen LogP contribution >= 0.6 is 0 Å². The molecule has 3 rings (SSSR count). The number of carbonyl (C=O) groups is 2. The van der Waals surface area contributed by atoms with Gasteiger partial charge in [0.05, 0.1) is 12.5 Å². The van der Waals surface area contributed by atoms with Crippen molar-refractivity contribution in [3.63, 3.8) is 0 Å². The van der Waals surface area contributed by atoms with E-state index in [1.54, 1.807) is 0 Å². The molecular formula is C20H22N2O3. The molecule has 0 unspecified atom stereocenters. The zero-order valence-corrected chi connectivity index (χ0v) is 14.6. The van der Waals surface area contributed by atoms with Crippen molar-refractivity contribution < 1.29 is 14.3 Å². The number of fused-ring (bicyclic) bond motifs is 1. The zero-order valence-electron chi connectivity index (χ0n) is 14.6. The molecule has 0 radical (unpaired) electrons. The van der Waals surface area contributed by atoms with Gasteiger partial charge in [0.1, 0.15) is 5.60 Å². The largest absolute Gasteiger partial charge is 0.444 e. The van der Waals surface area contributed by atoms with Crippen LogP contribution in [-0.4, -0.2) is 17.6 Å². The molecule has 25 heavy (non-hydrogen) atoms. The molecule has 0 fully saturated rings. The fraction of sp³-hybridized carbons (Fsp3) is 0.300. The van der Waals surface area contributed by atoms with Crippen molar-refractivity contribution in [1.82, 2.24) is 5.32 Å². The van der Waals surface area contributed by atoms with E-state index in [9.17, 15) is 9.59 Å². The fourth-order valence-corrected chi connectivity index (χ4v) is 2.88. The third-order valence-corrected chi connectivity index (χ3v) is 3.91. The van der Waals surface area contributed by atoms with E-state index < -0.39 is 11.7 Å². The highest BCUT2D eigenvalue weighted by Gasteiger charge is 2.25. The van der Waals surface area contributed by atoms with Crippen LogP contribution in [0, 0.1) is 0 Å². The van der Waals surface area contributed by atoms with Crippen LogP contribution in [0.25, 0.3) is 0 Å². The molecule has 0 spiro atoms. The van der Waals surface area contributed by atoms with E-state index in [-0.39, 0.29) is 11.9 Å². The summed E-state index contributed by atoms with van der Waals surface area (Å²) in [5, 5.41) is 5.74. The molecule has 1 aliphatic rings. The smallest absolute Gasteiger partial charge is 0.412 e. The first-order valence-corrected chi connectivity index (χ1v) is 8.29. The molecular weight excluding hydrogens is 316 g/mol. The van der Waals surface area contributed by atoms with Crippen molar-refractivity contribution in [3.8, 4) is 0 Å². The summed E-state index contributed by atoms with van der Waals surface area (Å²) in [5.74, 6) is 0.0136. The summed E-state index contributed by atoms with van der Waals surface area (Å²) in [6, 6.07) is 15.2. The number of rotatable bonds is 2. The third-order valence-electron chi connectivity index (χ3n) is 3.91. The maximum absolute atomic E-state index is 12.0. The van der Waals surface area contributed by atoms with Gasteiger partial charge in [-0.05, 0) is 49.6 Å². The van der Waals surface area contributed by atoms with Gasteiger partial charge in [-0.15, -0.1) is 0 Å². The van der Waals surface area contributed by atoms with Crippen LogP contribution in [0.2, 0.25) is 0 Å². The molecule has 2 aromatic rings. The lowest BCUT2D eigenvalue weighted by atomic mass is 9.89. The van der Waals surface area contributed by atoms with Gasteiger partial charge in [-0.3, -0.25) is 10.1 Å². The van der Waals surface area contributed by atoms with Crippen LogP contribution in [0.4, 0.5) is 10.5 Å². The summed E-state index contributed by atoms with van der Waals surface area (Å²) in [6.45, 7) is 5.45. The Morgan fingerprint density at radius 3 is 2.48 bits per heavy atom. The third kappa shape index (κ3) is 4.18. The molecule has 0 bridgehead atoms. The first-order valence-electron chi connectivity index (χ1n) is 8.29. The molecule has 2 amide bonds. The summed E-state index contributed by atoms with van der Waals surface area (Å²) in [4.78, 5) is 23.8. The second-order valence-corrected chi connectivity index (χ2v) is 7.13. The Kier molecular flexibility index (Phi) is 4.49. The normalized spacial score (nSPS) is 16.6. The standard InChI is InChI=1S/C20H22N2O3/c1-20(2,3)25-19(24)21-15-10-8-13(9-11-15)18-16-7-5-4-6-14(16)12-17(23)22-18/h4-11,18H,12H2,1-3H3,(H,21,24)(H,22,23)/t18-/m0/s1. The molecule has 1 atom stereocenters. The Morgan fingerprint density at radius 2 is 1.80 bits per heavy atom.